The predicted octanol–water partition coefficient (Wildman–Crippen LogP) is 4.54. The van der Waals surface area contributed by atoms with Gasteiger partial charge >= 0.3 is 0 Å². The Morgan fingerprint density at radius 1 is 1.29 bits per heavy atom. The zero-order chi connectivity index (χ0) is 15.0. The van der Waals surface area contributed by atoms with Crippen molar-refractivity contribution in [2.75, 3.05) is 0 Å². The summed E-state index contributed by atoms with van der Waals surface area (Å²) >= 11 is 3.26. The maximum absolute atomic E-state index is 12.4. The number of halogens is 1. The van der Waals surface area contributed by atoms with Gasteiger partial charge in [-0.2, -0.15) is 0 Å². The van der Waals surface area contributed by atoms with E-state index in [1.165, 1.54) is 24.0 Å². The Bertz CT molecular complexity index is 656. The number of nitrogens with one attached hydrogen (secondary N) is 1. The van der Waals surface area contributed by atoms with E-state index in [1.54, 1.807) is 0 Å². The molecule has 1 aliphatic carbocycles. The minimum Gasteiger partial charge on any atom is -0.444 e. The van der Waals surface area contributed by atoms with E-state index >= 15 is 0 Å². The van der Waals surface area contributed by atoms with E-state index in [0.29, 0.717) is 16.3 Å². The van der Waals surface area contributed by atoms with Gasteiger partial charge in [0, 0.05) is 5.56 Å². The summed E-state index contributed by atoms with van der Waals surface area (Å²) in [5.41, 5.74) is 3.24. The lowest BCUT2D eigenvalue weighted by Crippen LogP contribution is -2.30. The third-order valence-corrected chi connectivity index (χ3v) is 4.30. The minimum atomic E-state index is -0.143. The Morgan fingerprint density at radius 3 is 2.48 bits per heavy atom. The summed E-state index contributed by atoms with van der Waals surface area (Å²) in [7, 11) is 0. The number of rotatable bonds is 4. The van der Waals surface area contributed by atoms with Crippen LogP contribution in [0.4, 0.5) is 0 Å². The van der Waals surface area contributed by atoms with Crippen molar-refractivity contribution >= 4 is 21.8 Å². The maximum Gasteiger partial charge on any atom is 0.287 e. The van der Waals surface area contributed by atoms with Gasteiger partial charge in [-0.3, -0.25) is 4.79 Å². The molecule has 1 unspecified atom stereocenters. The molecule has 2 aromatic rings. The first kappa shape index (κ1) is 14.4. The van der Waals surface area contributed by atoms with Gasteiger partial charge < -0.3 is 9.73 Å². The summed E-state index contributed by atoms with van der Waals surface area (Å²) in [6.45, 7) is 3.94. The van der Waals surface area contributed by atoms with Crippen molar-refractivity contribution in [2.24, 2.45) is 5.92 Å². The molecule has 3 nitrogen and oxygen atoms in total. The summed E-state index contributed by atoms with van der Waals surface area (Å²) in [5.74, 6) is 0.783. The molecule has 0 bridgehead atoms. The molecule has 21 heavy (non-hydrogen) atoms. The quantitative estimate of drug-likeness (QED) is 0.881. The van der Waals surface area contributed by atoms with Crippen LogP contribution in [0.3, 0.4) is 0 Å². The number of aryl methyl sites for hydroxylation is 2. The van der Waals surface area contributed by atoms with Crippen LogP contribution in [0.5, 0.6) is 0 Å². The van der Waals surface area contributed by atoms with Crippen LogP contribution in [-0.4, -0.2) is 5.91 Å². The summed E-state index contributed by atoms with van der Waals surface area (Å²) < 4.78 is 6.02. The van der Waals surface area contributed by atoms with E-state index in [2.05, 4.69) is 52.4 Å². The highest BCUT2D eigenvalue weighted by atomic mass is 79.9. The second kappa shape index (κ2) is 5.68. The van der Waals surface area contributed by atoms with Gasteiger partial charge in [-0.15, -0.1) is 0 Å². The lowest BCUT2D eigenvalue weighted by atomic mass is 10.0. The third kappa shape index (κ3) is 3.21. The fourth-order valence-corrected chi connectivity index (χ4v) is 3.06. The molecule has 1 heterocycles. The second-order valence-corrected chi connectivity index (χ2v) is 6.54. The smallest absolute Gasteiger partial charge is 0.287 e. The first-order valence-electron chi connectivity index (χ1n) is 7.18. The van der Waals surface area contributed by atoms with E-state index in [-0.39, 0.29) is 11.9 Å². The molecule has 1 fully saturated rings. The van der Waals surface area contributed by atoms with Gasteiger partial charge in [0.1, 0.15) is 0 Å². The topological polar surface area (TPSA) is 42.2 Å². The van der Waals surface area contributed by atoms with Crippen molar-refractivity contribution in [2.45, 2.75) is 32.7 Å². The molecule has 1 saturated carbocycles. The van der Waals surface area contributed by atoms with E-state index < -0.39 is 0 Å². The van der Waals surface area contributed by atoms with Crippen molar-refractivity contribution in [3.63, 3.8) is 0 Å². The lowest BCUT2D eigenvalue weighted by molar-refractivity contribution is 0.0901. The average Bonchev–Trinajstić information content (AvgIpc) is 3.22. The van der Waals surface area contributed by atoms with Crippen LogP contribution >= 0.6 is 15.9 Å². The summed E-state index contributed by atoms with van der Waals surface area (Å²) in [5, 5.41) is 3.13. The van der Waals surface area contributed by atoms with E-state index in [9.17, 15) is 4.79 Å². The van der Waals surface area contributed by atoms with Crippen LogP contribution in [0, 0.1) is 19.8 Å². The van der Waals surface area contributed by atoms with Crippen LogP contribution in [0.15, 0.2) is 39.4 Å². The van der Waals surface area contributed by atoms with Gasteiger partial charge in [0.2, 0.25) is 0 Å². The zero-order valence-corrected chi connectivity index (χ0v) is 13.7. The van der Waals surface area contributed by atoms with Gasteiger partial charge in [0.25, 0.3) is 5.91 Å². The van der Waals surface area contributed by atoms with Crippen LogP contribution in [-0.2, 0) is 0 Å². The van der Waals surface area contributed by atoms with Crippen LogP contribution in [0.25, 0.3) is 0 Å². The summed E-state index contributed by atoms with van der Waals surface area (Å²) in [4.78, 5) is 12.4. The highest BCUT2D eigenvalue weighted by Crippen LogP contribution is 2.41. The molecule has 1 amide bonds. The van der Waals surface area contributed by atoms with Crippen molar-refractivity contribution in [3.8, 4) is 0 Å². The molecule has 1 aromatic carbocycles. The SMILES string of the molecule is Cc1ccc(C(NC(=O)c2oc(Br)cc2C)C2CC2)cc1. The monoisotopic (exact) mass is 347 g/mol. The van der Waals surface area contributed by atoms with Crippen molar-refractivity contribution < 1.29 is 9.21 Å². The third-order valence-electron chi connectivity index (χ3n) is 3.91. The Balaban J connectivity index is 1.81. The highest BCUT2D eigenvalue weighted by molar-refractivity contribution is 9.10. The van der Waals surface area contributed by atoms with Gasteiger partial charge in [-0.25, -0.2) is 0 Å². The highest BCUT2D eigenvalue weighted by Gasteiger charge is 2.34. The number of carbonyl (C=O) groups excluding carboxylic acids is 1. The van der Waals surface area contributed by atoms with Crippen molar-refractivity contribution in [1.82, 2.24) is 5.32 Å². The first-order valence-corrected chi connectivity index (χ1v) is 7.97. The van der Waals surface area contributed by atoms with Crippen LogP contribution in [0.1, 0.15) is 46.1 Å². The molecule has 1 aromatic heterocycles. The Morgan fingerprint density at radius 2 is 1.95 bits per heavy atom. The van der Waals surface area contributed by atoms with Gasteiger partial charge in [-0.1, -0.05) is 29.8 Å². The number of hydrogen-bond acceptors (Lipinski definition) is 2. The Hall–Kier alpha value is -1.55. The number of carbonyl (C=O) groups is 1. The van der Waals surface area contributed by atoms with E-state index in [0.717, 1.165) is 5.56 Å². The molecule has 0 aliphatic heterocycles. The molecular weight excluding hydrogens is 330 g/mol. The molecule has 4 heteroatoms. The van der Waals surface area contributed by atoms with Gasteiger partial charge in [0.05, 0.1) is 6.04 Å². The number of benzene rings is 1. The molecule has 1 aliphatic rings. The maximum atomic E-state index is 12.4. The second-order valence-electron chi connectivity index (χ2n) is 5.76. The summed E-state index contributed by atoms with van der Waals surface area (Å²) in [6, 6.07) is 10.3. The molecule has 0 spiro atoms. The van der Waals surface area contributed by atoms with Crippen molar-refractivity contribution in [3.05, 3.63) is 57.5 Å². The standard InChI is InChI=1S/C17H18BrNO2/c1-10-3-5-12(6-4-10)15(13-7-8-13)19-17(20)16-11(2)9-14(18)21-16/h3-6,9,13,15H,7-8H2,1-2H3,(H,19,20). The van der Waals surface area contributed by atoms with Gasteiger partial charge in [-0.05, 0) is 60.2 Å². The van der Waals surface area contributed by atoms with E-state index in [1.807, 2.05) is 13.0 Å². The summed E-state index contributed by atoms with van der Waals surface area (Å²) in [6.07, 6.45) is 2.33. The molecule has 1 N–H and O–H groups in total. The normalized spacial score (nSPS) is 15.8. The fraction of sp³-hybridized carbons (Fsp3) is 0.353. The molecule has 3 rings (SSSR count). The minimum absolute atomic E-state index is 0.0707. The fourth-order valence-electron chi connectivity index (χ4n) is 2.55. The number of amides is 1. The lowest BCUT2D eigenvalue weighted by Gasteiger charge is -2.18. The van der Waals surface area contributed by atoms with Crippen LogP contribution in [0.2, 0.25) is 0 Å². The van der Waals surface area contributed by atoms with Gasteiger partial charge in [0.15, 0.2) is 10.4 Å². The van der Waals surface area contributed by atoms with Crippen LogP contribution < -0.4 is 5.32 Å². The average molecular weight is 348 g/mol. The predicted molar refractivity (Wildman–Crippen MR) is 85.3 cm³/mol. The molecule has 0 radical (unpaired) electrons. The largest absolute Gasteiger partial charge is 0.444 e. The Labute approximate surface area is 132 Å². The number of hydrogen-bond donors (Lipinski definition) is 1. The molecule has 110 valence electrons. The Kier molecular flexibility index (Phi) is 3.89. The molecule has 0 saturated heterocycles. The van der Waals surface area contributed by atoms with Crippen molar-refractivity contribution in [1.29, 1.82) is 0 Å². The molecular formula is C17H18BrNO2. The first-order chi connectivity index (χ1) is 10.0. The van der Waals surface area contributed by atoms with E-state index in [4.69, 9.17) is 4.42 Å². The zero-order valence-electron chi connectivity index (χ0n) is 12.2. The number of furan rings is 1. The molecule has 1 atom stereocenters.